The SMILES string of the molecule is O=C(NCCOc1ccc(CC(OCc2ccccc2)C(=O)O)cc1)c1ccc(-c2ccccn2)cc1. The van der Waals surface area contributed by atoms with Crippen molar-refractivity contribution in [2.24, 2.45) is 0 Å². The Labute approximate surface area is 215 Å². The van der Waals surface area contributed by atoms with E-state index in [9.17, 15) is 14.7 Å². The molecule has 0 spiro atoms. The first-order chi connectivity index (χ1) is 18.1. The van der Waals surface area contributed by atoms with E-state index < -0.39 is 12.1 Å². The minimum absolute atomic E-state index is 0.179. The van der Waals surface area contributed by atoms with Gasteiger partial charge in [0.05, 0.1) is 18.8 Å². The third kappa shape index (κ3) is 7.75. The topological polar surface area (TPSA) is 97.8 Å². The number of carboxylic acid groups (broad SMARTS) is 1. The molecule has 1 aromatic heterocycles. The normalized spacial score (nSPS) is 11.5. The van der Waals surface area contributed by atoms with Crippen molar-refractivity contribution in [3.8, 4) is 17.0 Å². The highest BCUT2D eigenvalue weighted by Gasteiger charge is 2.19. The van der Waals surface area contributed by atoms with Crippen LogP contribution < -0.4 is 10.1 Å². The van der Waals surface area contributed by atoms with Gasteiger partial charge in [-0.25, -0.2) is 4.79 Å². The maximum absolute atomic E-state index is 12.4. The van der Waals surface area contributed by atoms with Gasteiger partial charge in [0, 0.05) is 23.7 Å². The fourth-order valence-corrected chi connectivity index (χ4v) is 3.69. The Balaban J connectivity index is 1.20. The lowest BCUT2D eigenvalue weighted by molar-refractivity contribution is -0.151. The molecule has 4 rings (SSSR count). The van der Waals surface area contributed by atoms with Crippen LogP contribution in [0.1, 0.15) is 21.5 Å². The second-order valence-corrected chi connectivity index (χ2v) is 8.37. The molecular formula is C30H28N2O5. The number of hydrogen-bond acceptors (Lipinski definition) is 5. The molecule has 0 aliphatic rings. The second kappa shape index (κ2) is 13.0. The van der Waals surface area contributed by atoms with Crippen molar-refractivity contribution < 1.29 is 24.2 Å². The summed E-state index contributed by atoms with van der Waals surface area (Å²) in [5.41, 5.74) is 4.11. The monoisotopic (exact) mass is 496 g/mol. The third-order valence-corrected chi connectivity index (χ3v) is 5.68. The molecule has 4 aromatic rings. The Morgan fingerprint density at radius 2 is 1.57 bits per heavy atom. The highest BCUT2D eigenvalue weighted by Crippen LogP contribution is 2.17. The fraction of sp³-hybridized carbons (Fsp3) is 0.167. The molecule has 0 fully saturated rings. The molecule has 1 atom stereocenters. The van der Waals surface area contributed by atoms with Crippen molar-refractivity contribution in [2.75, 3.05) is 13.2 Å². The number of carbonyl (C=O) groups excluding carboxylic acids is 1. The van der Waals surface area contributed by atoms with E-state index in [0.717, 1.165) is 22.4 Å². The number of carbonyl (C=O) groups is 2. The van der Waals surface area contributed by atoms with Crippen LogP contribution >= 0.6 is 0 Å². The van der Waals surface area contributed by atoms with Crippen molar-refractivity contribution in [1.29, 1.82) is 0 Å². The number of ether oxygens (including phenoxy) is 2. The molecule has 1 amide bonds. The molecule has 0 aliphatic carbocycles. The van der Waals surface area contributed by atoms with Crippen LogP contribution in [0.2, 0.25) is 0 Å². The van der Waals surface area contributed by atoms with Gasteiger partial charge in [0.25, 0.3) is 5.91 Å². The van der Waals surface area contributed by atoms with Gasteiger partial charge in [0.1, 0.15) is 12.4 Å². The van der Waals surface area contributed by atoms with E-state index in [1.54, 1.807) is 30.5 Å². The lowest BCUT2D eigenvalue weighted by Crippen LogP contribution is -2.28. The zero-order valence-corrected chi connectivity index (χ0v) is 20.2. The number of nitrogens with zero attached hydrogens (tertiary/aromatic N) is 1. The lowest BCUT2D eigenvalue weighted by Gasteiger charge is -2.14. The molecule has 0 bridgehead atoms. The molecule has 1 unspecified atom stereocenters. The van der Waals surface area contributed by atoms with E-state index in [1.807, 2.05) is 72.8 Å². The number of aliphatic carboxylic acids is 1. The fourth-order valence-electron chi connectivity index (χ4n) is 3.69. The van der Waals surface area contributed by atoms with Crippen LogP contribution in [-0.4, -0.2) is 41.2 Å². The first-order valence-corrected chi connectivity index (χ1v) is 12.0. The van der Waals surface area contributed by atoms with E-state index in [-0.39, 0.29) is 18.9 Å². The van der Waals surface area contributed by atoms with Gasteiger partial charge in [-0.3, -0.25) is 9.78 Å². The van der Waals surface area contributed by atoms with E-state index in [4.69, 9.17) is 9.47 Å². The maximum Gasteiger partial charge on any atom is 0.333 e. The summed E-state index contributed by atoms with van der Waals surface area (Å²) in [6.07, 6.45) is 1.04. The molecule has 37 heavy (non-hydrogen) atoms. The number of carboxylic acids is 1. The molecule has 188 valence electrons. The van der Waals surface area contributed by atoms with Gasteiger partial charge in [-0.05, 0) is 47.5 Å². The summed E-state index contributed by atoms with van der Waals surface area (Å²) in [4.78, 5) is 28.3. The Kier molecular flexibility index (Phi) is 8.99. The van der Waals surface area contributed by atoms with E-state index in [1.165, 1.54) is 0 Å². The third-order valence-electron chi connectivity index (χ3n) is 5.68. The highest BCUT2D eigenvalue weighted by molar-refractivity contribution is 5.94. The average Bonchev–Trinajstić information content (AvgIpc) is 2.95. The van der Waals surface area contributed by atoms with Gasteiger partial charge in [-0.1, -0.05) is 60.7 Å². The van der Waals surface area contributed by atoms with Gasteiger partial charge in [-0.2, -0.15) is 0 Å². The molecule has 7 nitrogen and oxygen atoms in total. The molecule has 3 aromatic carbocycles. The van der Waals surface area contributed by atoms with Gasteiger partial charge in [0.15, 0.2) is 6.10 Å². The Bertz CT molecular complexity index is 1280. The number of benzene rings is 3. The van der Waals surface area contributed by atoms with Crippen LogP contribution in [0.5, 0.6) is 5.75 Å². The number of amides is 1. The summed E-state index contributed by atoms with van der Waals surface area (Å²) in [5.74, 6) is -0.546. The molecule has 7 heteroatoms. The van der Waals surface area contributed by atoms with Gasteiger partial charge in [-0.15, -0.1) is 0 Å². The van der Waals surface area contributed by atoms with Crippen molar-refractivity contribution in [3.05, 3.63) is 120 Å². The zero-order valence-electron chi connectivity index (χ0n) is 20.2. The molecule has 0 radical (unpaired) electrons. The first-order valence-electron chi connectivity index (χ1n) is 12.0. The zero-order chi connectivity index (χ0) is 25.9. The molecular weight excluding hydrogens is 468 g/mol. The van der Waals surface area contributed by atoms with Crippen molar-refractivity contribution in [2.45, 2.75) is 19.1 Å². The van der Waals surface area contributed by atoms with Crippen LogP contribution in [-0.2, 0) is 22.6 Å². The standard InChI is InChI=1S/C30H28N2O5/c33-29(25-13-11-24(12-14-25)27-8-4-5-17-31-27)32-18-19-36-26-15-9-22(10-16-26)20-28(30(34)35)37-21-23-6-2-1-3-7-23/h1-17,28H,18-21H2,(H,32,33)(H,34,35). The predicted octanol–water partition coefficient (Wildman–Crippen LogP) is 4.77. The maximum atomic E-state index is 12.4. The van der Waals surface area contributed by atoms with Gasteiger partial charge in [0.2, 0.25) is 0 Å². The lowest BCUT2D eigenvalue weighted by atomic mass is 10.1. The minimum atomic E-state index is -1.00. The predicted molar refractivity (Wildman–Crippen MR) is 140 cm³/mol. The Hall–Kier alpha value is -4.49. The van der Waals surface area contributed by atoms with Crippen molar-refractivity contribution in [1.82, 2.24) is 10.3 Å². The molecule has 1 heterocycles. The largest absolute Gasteiger partial charge is 0.492 e. The van der Waals surface area contributed by atoms with Crippen molar-refractivity contribution in [3.63, 3.8) is 0 Å². The first kappa shape index (κ1) is 25.6. The number of hydrogen-bond donors (Lipinski definition) is 2. The number of rotatable bonds is 12. The van der Waals surface area contributed by atoms with Gasteiger partial charge < -0.3 is 19.9 Å². The Morgan fingerprint density at radius 3 is 2.24 bits per heavy atom. The second-order valence-electron chi connectivity index (χ2n) is 8.37. The molecule has 2 N–H and O–H groups in total. The smallest absolute Gasteiger partial charge is 0.333 e. The van der Waals surface area contributed by atoms with Crippen LogP contribution in [0, 0.1) is 0 Å². The molecule has 0 saturated heterocycles. The number of nitrogens with one attached hydrogen (secondary N) is 1. The summed E-state index contributed by atoms with van der Waals surface area (Å²) in [6.45, 7) is 0.880. The summed E-state index contributed by atoms with van der Waals surface area (Å²) in [7, 11) is 0. The van der Waals surface area contributed by atoms with E-state index >= 15 is 0 Å². The summed E-state index contributed by atoms with van der Waals surface area (Å²) in [6, 6.07) is 29.7. The molecule has 0 saturated carbocycles. The minimum Gasteiger partial charge on any atom is -0.492 e. The van der Waals surface area contributed by atoms with Crippen LogP contribution in [0.25, 0.3) is 11.3 Å². The number of pyridine rings is 1. The van der Waals surface area contributed by atoms with Crippen molar-refractivity contribution >= 4 is 11.9 Å². The summed E-state index contributed by atoms with van der Waals surface area (Å²) < 4.78 is 11.3. The average molecular weight is 497 g/mol. The van der Waals surface area contributed by atoms with Gasteiger partial charge >= 0.3 is 5.97 Å². The number of aromatic nitrogens is 1. The van der Waals surface area contributed by atoms with E-state index in [2.05, 4.69) is 10.3 Å². The Morgan fingerprint density at radius 1 is 0.838 bits per heavy atom. The van der Waals surface area contributed by atoms with Crippen LogP contribution in [0.15, 0.2) is 103 Å². The summed E-state index contributed by atoms with van der Waals surface area (Å²) in [5, 5.41) is 12.4. The quantitative estimate of drug-likeness (QED) is 0.274. The van der Waals surface area contributed by atoms with E-state index in [0.29, 0.717) is 24.5 Å². The summed E-state index contributed by atoms with van der Waals surface area (Å²) >= 11 is 0. The van der Waals surface area contributed by atoms with Crippen LogP contribution in [0.4, 0.5) is 0 Å². The van der Waals surface area contributed by atoms with Crippen LogP contribution in [0.3, 0.4) is 0 Å². The highest BCUT2D eigenvalue weighted by atomic mass is 16.5. The molecule has 0 aliphatic heterocycles.